The summed E-state index contributed by atoms with van der Waals surface area (Å²) in [5.74, 6) is 0.464. The Morgan fingerprint density at radius 3 is 2.40 bits per heavy atom. The van der Waals surface area contributed by atoms with E-state index < -0.39 is 0 Å². The van der Waals surface area contributed by atoms with E-state index in [0.29, 0.717) is 21.6 Å². The van der Waals surface area contributed by atoms with Crippen molar-refractivity contribution in [3.8, 4) is 5.69 Å². The number of tetrazole rings is 1. The van der Waals surface area contributed by atoms with Crippen LogP contribution in [-0.4, -0.2) is 20.2 Å². The molecule has 0 spiro atoms. The van der Waals surface area contributed by atoms with Crippen molar-refractivity contribution in [2.24, 2.45) is 5.73 Å². The Balaban J connectivity index is 2.44. The third-order valence-electron chi connectivity index (χ3n) is 1.72. The monoisotopic (exact) mass is 243 g/mol. The first-order valence-corrected chi connectivity index (χ1v) is 4.90. The van der Waals surface area contributed by atoms with E-state index in [1.807, 2.05) is 0 Å². The van der Waals surface area contributed by atoms with Gasteiger partial charge in [-0.2, -0.15) is 0 Å². The first-order valence-electron chi connectivity index (χ1n) is 4.14. The maximum Gasteiger partial charge on any atom is 0.188 e. The topological polar surface area (TPSA) is 69.6 Å². The second-order valence-electron chi connectivity index (χ2n) is 2.83. The van der Waals surface area contributed by atoms with Crippen molar-refractivity contribution in [1.82, 2.24) is 20.2 Å². The molecule has 0 radical (unpaired) electrons. The Hall–Kier alpha value is -1.17. The summed E-state index contributed by atoms with van der Waals surface area (Å²) in [6.07, 6.45) is 0. The molecule has 78 valence electrons. The fourth-order valence-electron chi connectivity index (χ4n) is 1.09. The van der Waals surface area contributed by atoms with E-state index in [9.17, 15) is 0 Å². The standard InChI is InChI=1S/C8H7Cl2N5/c9-5-1-6(10)3-7(2-5)15-13-8(4-11)12-14-15/h1-3H,4,11H2. The van der Waals surface area contributed by atoms with Gasteiger partial charge in [-0.1, -0.05) is 23.2 Å². The van der Waals surface area contributed by atoms with Crippen molar-refractivity contribution in [2.75, 3.05) is 0 Å². The molecular formula is C8H7Cl2N5. The molecular weight excluding hydrogens is 237 g/mol. The molecule has 0 amide bonds. The van der Waals surface area contributed by atoms with Crippen LogP contribution in [0, 0.1) is 0 Å². The fraction of sp³-hybridized carbons (Fsp3) is 0.125. The van der Waals surface area contributed by atoms with Crippen molar-refractivity contribution < 1.29 is 0 Å². The van der Waals surface area contributed by atoms with Gasteiger partial charge in [0.25, 0.3) is 0 Å². The van der Waals surface area contributed by atoms with Crippen molar-refractivity contribution in [1.29, 1.82) is 0 Å². The van der Waals surface area contributed by atoms with Gasteiger partial charge in [-0.3, -0.25) is 0 Å². The molecule has 2 rings (SSSR count). The molecule has 7 heteroatoms. The summed E-state index contributed by atoms with van der Waals surface area (Å²) in [7, 11) is 0. The van der Waals surface area contributed by atoms with E-state index in [4.69, 9.17) is 28.9 Å². The maximum absolute atomic E-state index is 5.84. The molecule has 0 fully saturated rings. The predicted molar refractivity (Wildman–Crippen MR) is 57.1 cm³/mol. The van der Waals surface area contributed by atoms with Gasteiger partial charge in [0.15, 0.2) is 5.82 Å². The summed E-state index contributed by atoms with van der Waals surface area (Å²) in [4.78, 5) is 1.33. The lowest BCUT2D eigenvalue weighted by Crippen LogP contribution is -2.01. The quantitative estimate of drug-likeness (QED) is 0.867. The highest BCUT2D eigenvalue weighted by Crippen LogP contribution is 2.20. The van der Waals surface area contributed by atoms with Crippen molar-refractivity contribution in [2.45, 2.75) is 6.54 Å². The second kappa shape index (κ2) is 4.14. The maximum atomic E-state index is 5.84. The molecule has 0 aliphatic carbocycles. The van der Waals surface area contributed by atoms with E-state index in [-0.39, 0.29) is 6.54 Å². The van der Waals surface area contributed by atoms with Crippen molar-refractivity contribution in [3.63, 3.8) is 0 Å². The number of hydrogen-bond acceptors (Lipinski definition) is 4. The minimum Gasteiger partial charge on any atom is -0.324 e. The van der Waals surface area contributed by atoms with Gasteiger partial charge in [0.2, 0.25) is 0 Å². The molecule has 0 aliphatic heterocycles. The molecule has 0 saturated heterocycles. The molecule has 2 aromatic rings. The SMILES string of the molecule is NCc1nnn(-c2cc(Cl)cc(Cl)c2)n1. The minimum absolute atomic E-state index is 0.244. The van der Waals surface area contributed by atoms with Crippen LogP contribution in [0.25, 0.3) is 5.69 Å². The normalized spacial score (nSPS) is 10.6. The third-order valence-corrected chi connectivity index (χ3v) is 2.15. The molecule has 5 nitrogen and oxygen atoms in total. The van der Waals surface area contributed by atoms with Crippen molar-refractivity contribution >= 4 is 23.2 Å². The van der Waals surface area contributed by atoms with Gasteiger partial charge in [0, 0.05) is 10.0 Å². The third kappa shape index (κ3) is 2.26. The highest BCUT2D eigenvalue weighted by molar-refractivity contribution is 6.34. The largest absolute Gasteiger partial charge is 0.324 e. The van der Waals surface area contributed by atoms with Gasteiger partial charge in [-0.05, 0) is 23.4 Å². The fourth-order valence-corrected chi connectivity index (χ4v) is 1.60. The van der Waals surface area contributed by atoms with Crippen LogP contribution in [-0.2, 0) is 6.54 Å². The van der Waals surface area contributed by atoms with Gasteiger partial charge < -0.3 is 5.73 Å². The van der Waals surface area contributed by atoms with Gasteiger partial charge >= 0.3 is 0 Å². The van der Waals surface area contributed by atoms with Crippen LogP contribution >= 0.6 is 23.2 Å². The molecule has 1 aromatic carbocycles. The van der Waals surface area contributed by atoms with E-state index in [1.54, 1.807) is 18.2 Å². The van der Waals surface area contributed by atoms with Crippen molar-refractivity contribution in [3.05, 3.63) is 34.1 Å². The number of halogens is 2. The summed E-state index contributed by atoms with van der Waals surface area (Å²) in [5.41, 5.74) is 6.02. The summed E-state index contributed by atoms with van der Waals surface area (Å²) in [5, 5.41) is 12.6. The average Bonchev–Trinajstić information content (AvgIpc) is 2.64. The predicted octanol–water partition coefficient (Wildman–Crippen LogP) is 1.43. The molecule has 0 bridgehead atoms. The van der Waals surface area contributed by atoms with Gasteiger partial charge in [0.1, 0.15) is 0 Å². The number of nitrogens with zero attached hydrogens (tertiary/aromatic N) is 4. The summed E-state index contributed by atoms with van der Waals surface area (Å²) in [6, 6.07) is 5.01. The molecule has 0 unspecified atom stereocenters. The molecule has 1 aromatic heterocycles. The zero-order chi connectivity index (χ0) is 10.8. The Morgan fingerprint density at radius 2 is 1.87 bits per heavy atom. The Morgan fingerprint density at radius 1 is 1.20 bits per heavy atom. The summed E-state index contributed by atoms with van der Waals surface area (Å²) >= 11 is 11.7. The van der Waals surface area contributed by atoms with E-state index in [1.165, 1.54) is 4.80 Å². The number of benzene rings is 1. The van der Waals surface area contributed by atoms with Crippen LogP contribution in [0.5, 0.6) is 0 Å². The van der Waals surface area contributed by atoms with Crippen LogP contribution in [0.15, 0.2) is 18.2 Å². The van der Waals surface area contributed by atoms with E-state index >= 15 is 0 Å². The zero-order valence-electron chi connectivity index (χ0n) is 7.56. The lowest BCUT2D eigenvalue weighted by molar-refractivity contribution is 0.717. The minimum atomic E-state index is 0.244. The Kier molecular flexibility index (Phi) is 2.86. The zero-order valence-corrected chi connectivity index (χ0v) is 9.07. The van der Waals surface area contributed by atoms with Crippen LogP contribution in [0.4, 0.5) is 0 Å². The van der Waals surface area contributed by atoms with Gasteiger partial charge in [-0.25, -0.2) is 0 Å². The first-order chi connectivity index (χ1) is 7.19. The Labute approximate surface area is 95.8 Å². The van der Waals surface area contributed by atoms with Crippen LogP contribution in [0.2, 0.25) is 10.0 Å². The van der Waals surface area contributed by atoms with Gasteiger partial charge in [-0.15, -0.1) is 15.0 Å². The highest BCUT2D eigenvalue weighted by Gasteiger charge is 2.05. The average molecular weight is 244 g/mol. The van der Waals surface area contributed by atoms with Crippen LogP contribution in [0.3, 0.4) is 0 Å². The molecule has 2 N–H and O–H groups in total. The van der Waals surface area contributed by atoms with E-state index in [0.717, 1.165) is 0 Å². The number of nitrogens with two attached hydrogens (primary N) is 1. The van der Waals surface area contributed by atoms with E-state index in [2.05, 4.69) is 15.4 Å². The number of hydrogen-bond donors (Lipinski definition) is 1. The molecule has 0 saturated carbocycles. The number of rotatable bonds is 2. The van der Waals surface area contributed by atoms with Gasteiger partial charge in [0.05, 0.1) is 12.2 Å². The smallest absolute Gasteiger partial charge is 0.188 e. The molecule has 0 atom stereocenters. The molecule has 15 heavy (non-hydrogen) atoms. The first kappa shape index (κ1) is 10.4. The highest BCUT2D eigenvalue weighted by atomic mass is 35.5. The molecule has 0 aliphatic rings. The Bertz CT molecular complexity index is 461. The lowest BCUT2D eigenvalue weighted by Gasteiger charge is -1.99. The molecule has 1 heterocycles. The second-order valence-corrected chi connectivity index (χ2v) is 3.70. The summed E-state index contributed by atoms with van der Waals surface area (Å²) < 4.78 is 0. The van der Waals surface area contributed by atoms with Crippen LogP contribution in [0.1, 0.15) is 5.82 Å². The summed E-state index contributed by atoms with van der Waals surface area (Å²) in [6.45, 7) is 0.244. The van der Waals surface area contributed by atoms with Crippen LogP contribution < -0.4 is 5.73 Å². The number of aromatic nitrogens is 4. The lowest BCUT2D eigenvalue weighted by atomic mass is 10.3.